The number of amides is 1. The summed E-state index contributed by atoms with van der Waals surface area (Å²) < 4.78 is 0. The molecule has 0 aliphatic heterocycles. The quantitative estimate of drug-likeness (QED) is 0.548. The fraction of sp³-hybridized carbons (Fsp3) is 0.250. The number of thiazole rings is 1. The second-order valence-electron chi connectivity index (χ2n) is 5.25. The normalized spacial score (nSPS) is 10.8. The van der Waals surface area contributed by atoms with E-state index in [0.717, 1.165) is 16.3 Å². The highest BCUT2D eigenvalue weighted by molar-refractivity contribution is 7.99. The van der Waals surface area contributed by atoms with E-state index < -0.39 is 0 Å². The molecule has 3 rings (SSSR count). The summed E-state index contributed by atoms with van der Waals surface area (Å²) in [5.74, 6) is 0.0952. The van der Waals surface area contributed by atoms with Crippen LogP contribution >= 0.6 is 23.1 Å². The first-order valence-electron chi connectivity index (χ1n) is 7.68. The first kappa shape index (κ1) is 17.4. The topological polar surface area (TPSA) is 104 Å². The number of aromatic amines is 2. The van der Waals surface area contributed by atoms with Gasteiger partial charge in [0.1, 0.15) is 0 Å². The van der Waals surface area contributed by atoms with Crippen LogP contribution in [-0.2, 0) is 11.2 Å². The van der Waals surface area contributed by atoms with Crippen molar-refractivity contribution in [2.45, 2.75) is 18.5 Å². The van der Waals surface area contributed by atoms with E-state index >= 15 is 0 Å². The molecule has 0 unspecified atom stereocenters. The van der Waals surface area contributed by atoms with Crippen LogP contribution in [-0.4, -0.2) is 38.4 Å². The van der Waals surface area contributed by atoms with Crippen molar-refractivity contribution in [1.82, 2.24) is 25.5 Å². The van der Waals surface area contributed by atoms with Crippen molar-refractivity contribution in [3.63, 3.8) is 0 Å². The summed E-state index contributed by atoms with van der Waals surface area (Å²) in [7, 11) is 0. The van der Waals surface area contributed by atoms with Gasteiger partial charge in [0, 0.05) is 23.4 Å². The van der Waals surface area contributed by atoms with E-state index in [-0.39, 0.29) is 17.3 Å². The number of aromatic nitrogens is 4. The largest absolute Gasteiger partial charge is 0.355 e. The van der Waals surface area contributed by atoms with Crippen molar-refractivity contribution in [1.29, 1.82) is 0 Å². The number of nitrogens with one attached hydrogen (secondary N) is 3. The number of aryl methyl sites for hydroxylation is 1. The van der Waals surface area contributed by atoms with Crippen molar-refractivity contribution < 1.29 is 4.79 Å². The molecule has 0 saturated heterocycles. The highest BCUT2D eigenvalue weighted by atomic mass is 32.2. The van der Waals surface area contributed by atoms with Crippen LogP contribution < -0.4 is 11.0 Å². The lowest BCUT2D eigenvalue weighted by molar-refractivity contribution is -0.118. The lowest BCUT2D eigenvalue weighted by Gasteiger charge is -2.02. The predicted molar refractivity (Wildman–Crippen MR) is 98.9 cm³/mol. The molecule has 9 heteroatoms. The minimum atomic E-state index is -0.378. The SMILES string of the molecule is Cc1sc(CCNC(=O)CSc2n[nH]c(=O)[nH]2)nc1-c1ccccc1. The number of rotatable bonds is 7. The molecule has 1 aromatic carbocycles. The number of hydrogen-bond donors (Lipinski definition) is 3. The molecular formula is C16H17N5O2S2. The van der Waals surface area contributed by atoms with Gasteiger partial charge in [0.25, 0.3) is 0 Å². The van der Waals surface area contributed by atoms with Gasteiger partial charge < -0.3 is 5.32 Å². The second kappa shape index (κ2) is 8.13. The smallest absolute Gasteiger partial charge is 0.341 e. The fourth-order valence-electron chi connectivity index (χ4n) is 2.24. The third kappa shape index (κ3) is 4.80. The third-order valence-corrected chi connectivity index (χ3v) is 5.27. The number of thioether (sulfide) groups is 1. The molecule has 3 N–H and O–H groups in total. The molecule has 0 radical (unpaired) electrons. The van der Waals surface area contributed by atoms with E-state index in [1.807, 2.05) is 30.3 Å². The average Bonchev–Trinajstić information content (AvgIpc) is 3.19. The molecule has 3 aromatic rings. The fourth-order valence-corrected chi connectivity index (χ4v) is 3.84. The Bertz CT molecular complexity index is 901. The molecule has 0 spiro atoms. The Morgan fingerprint density at radius 2 is 2.12 bits per heavy atom. The van der Waals surface area contributed by atoms with Gasteiger partial charge in [-0.2, -0.15) is 0 Å². The minimum absolute atomic E-state index is 0.106. The molecule has 25 heavy (non-hydrogen) atoms. The molecule has 0 saturated carbocycles. The van der Waals surface area contributed by atoms with Crippen molar-refractivity contribution in [3.05, 3.63) is 50.7 Å². The first-order valence-corrected chi connectivity index (χ1v) is 9.48. The van der Waals surface area contributed by atoms with E-state index in [2.05, 4.69) is 32.4 Å². The van der Waals surface area contributed by atoms with Gasteiger partial charge in [-0.3, -0.25) is 9.78 Å². The molecule has 0 aliphatic carbocycles. The Hall–Kier alpha value is -2.39. The van der Waals surface area contributed by atoms with Crippen LogP contribution in [0.5, 0.6) is 0 Å². The maximum absolute atomic E-state index is 11.8. The van der Waals surface area contributed by atoms with Gasteiger partial charge in [-0.05, 0) is 6.92 Å². The van der Waals surface area contributed by atoms with E-state index in [1.54, 1.807) is 11.3 Å². The van der Waals surface area contributed by atoms with Gasteiger partial charge in [0.15, 0.2) is 5.16 Å². The molecule has 0 bridgehead atoms. The van der Waals surface area contributed by atoms with Crippen LogP contribution in [0.3, 0.4) is 0 Å². The molecule has 7 nitrogen and oxygen atoms in total. The molecule has 1 amide bonds. The monoisotopic (exact) mass is 375 g/mol. The Kier molecular flexibility index (Phi) is 5.67. The summed E-state index contributed by atoms with van der Waals surface area (Å²) in [4.78, 5) is 31.1. The highest BCUT2D eigenvalue weighted by Gasteiger charge is 2.10. The predicted octanol–water partition coefficient (Wildman–Crippen LogP) is 1.98. The number of carbonyl (C=O) groups is 1. The zero-order valence-electron chi connectivity index (χ0n) is 13.5. The van der Waals surface area contributed by atoms with Crippen LogP contribution in [0, 0.1) is 6.92 Å². The third-order valence-electron chi connectivity index (χ3n) is 3.37. The van der Waals surface area contributed by atoms with Crippen LogP contribution in [0.2, 0.25) is 0 Å². The Morgan fingerprint density at radius 1 is 1.32 bits per heavy atom. The lowest BCUT2D eigenvalue weighted by atomic mass is 10.1. The van der Waals surface area contributed by atoms with E-state index in [1.165, 1.54) is 16.6 Å². The first-order chi connectivity index (χ1) is 12.1. The lowest BCUT2D eigenvalue weighted by Crippen LogP contribution is -2.27. The summed E-state index contributed by atoms with van der Waals surface area (Å²) >= 11 is 2.83. The van der Waals surface area contributed by atoms with Crippen molar-refractivity contribution in [3.8, 4) is 11.3 Å². The molecule has 2 aromatic heterocycles. The van der Waals surface area contributed by atoms with Gasteiger partial charge in [-0.1, -0.05) is 42.1 Å². The summed E-state index contributed by atoms with van der Waals surface area (Å²) in [5, 5.41) is 10.3. The van der Waals surface area contributed by atoms with Crippen LogP contribution in [0.1, 0.15) is 9.88 Å². The van der Waals surface area contributed by atoms with Gasteiger partial charge in [-0.25, -0.2) is 14.9 Å². The van der Waals surface area contributed by atoms with E-state index in [0.29, 0.717) is 18.1 Å². The standard InChI is InChI=1S/C16H17N5O2S2/c1-10-14(11-5-3-2-4-6-11)18-13(25-10)7-8-17-12(22)9-24-16-19-15(23)20-21-16/h2-6H,7-9H2,1H3,(H,17,22)(H2,19,20,21,23). The van der Waals surface area contributed by atoms with Gasteiger partial charge in [0.05, 0.1) is 16.5 Å². The number of nitrogens with zero attached hydrogens (tertiary/aromatic N) is 2. The number of benzene rings is 1. The van der Waals surface area contributed by atoms with Crippen LogP contribution in [0.15, 0.2) is 40.3 Å². The Labute approximate surface area is 152 Å². The molecule has 0 aliphatic rings. The minimum Gasteiger partial charge on any atom is -0.355 e. The summed E-state index contributed by atoms with van der Waals surface area (Å²) in [5.41, 5.74) is 1.73. The zero-order chi connectivity index (χ0) is 17.6. The summed E-state index contributed by atoms with van der Waals surface area (Å²) in [6.45, 7) is 2.58. The summed E-state index contributed by atoms with van der Waals surface area (Å²) in [6.07, 6.45) is 0.688. The maximum Gasteiger partial charge on any atom is 0.341 e. The van der Waals surface area contributed by atoms with Gasteiger partial charge >= 0.3 is 5.69 Å². The molecule has 0 fully saturated rings. The molecule has 2 heterocycles. The average molecular weight is 375 g/mol. The van der Waals surface area contributed by atoms with Gasteiger partial charge in [0.2, 0.25) is 5.91 Å². The summed E-state index contributed by atoms with van der Waals surface area (Å²) in [6, 6.07) is 10.1. The number of hydrogen-bond acceptors (Lipinski definition) is 6. The van der Waals surface area contributed by atoms with E-state index in [4.69, 9.17) is 0 Å². The van der Waals surface area contributed by atoms with Crippen molar-refractivity contribution in [2.75, 3.05) is 12.3 Å². The molecular weight excluding hydrogens is 358 g/mol. The number of H-pyrrole nitrogens is 2. The van der Waals surface area contributed by atoms with Gasteiger partial charge in [-0.15, -0.1) is 16.4 Å². The van der Waals surface area contributed by atoms with Crippen molar-refractivity contribution >= 4 is 29.0 Å². The molecule has 0 atom stereocenters. The number of carbonyl (C=O) groups excluding carboxylic acids is 1. The maximum atomic E-state index is 11.8. The highest BCUT2D eigenvalue weighted by Crippen LogP contribution is 2.27. The zero-order valence-corrected chi connectivity index (χ0v) is 15.2. The van der Waals surface area contributed by atoms with Crippen LogP contribution in [0.4, 0.5) is 0 Å². The molecule has 130 valence electrons. The Balaban J connectivity index is 1.47. The van der Waals surface area contributed by atoms with E-state index in [9.17, 15) is 9.59 Å². The second-order valence-corrected chi connectivity index (χ2v) is 7.50. The van der Waals surface area contributed by atoms with Crippen LogP contribution in [0.25, 0.3) is 11.3 Å². The Morgan fingerprint density at radius 3 is 2.84 bits per heavy atom. The van der Waals surface area contributed by atoms with Crippen molar-refractivity contribution in [2.24, 2.45) is 0 Å².